The number of halogens is 1. The number of methoxy groups -OCH3 is 1. The average molecular weight is 289 g/mol. The standard InChI is InChI=1S/C17H20FNO2/c1-11-4-7-15(10-16(11)18)21-12(2)17(19)13-5-8-14(20-3)9-6-13/h4-10,12,17H,19H2,1-3H3. The summed E-state index contributed by atoms with van der Waals surface area (Å²) < 4.78 is 24.4. The van der Waals surface area contributed by atoms with E-state index in [9.17, 15) is 4.39 Å². The number of aryl methyl sites for hydroxylation is 1. The molecule has 0 saturated heterocycles. The second-order valence-corrected chi connectivity index (χ2v) is 5.03. The summed E-state index contributed by atoms with van der Waals surface area (Å²) in [7, 11) is 1.62. The van der Waals surface area contributed by atoms with Gasteiger partial charge in [0.05, 0.1) is 13.2 Å². The Bertz CT molecular complexity index is 598. The van der Waals surface area contributed by atoms with Gasteiger partial charge in [-0.3, -0.25) is 0 Å². The van der Waals surface area contributed by atoms with Crippen molar-refractivity contribution in [3.05, 3.63) is 59.4 Å². The van der Waals surface area contributed by atoms with Crippen LogP contribution in [-0.4, -0.2) is 13.2 Å². The molecule has 4 heteroatoms. The van der Waals surface area contributed by atoms with Crippen LogP contribution >= 0.6 is 0 Å². The average Bonchev–Trinajstić information content (AvgIpc) is 2.50. The minimum atomic E-state index is -0.305. The summed E-state index contributed by atoms with van der Waals surface area (Å²) in [6, 6.07) is 12.0. The Kier molecular flexibility index (Phi) is 4.81. The first-order chi connectivity index (χ1) is 10.0. The molecule has 2 atom stereocenters. The van der Waals surface area contributed by atoms with Crippen molar-refractivity contribution >= 4 is 0 Å². The van der Waals surface area contributed by atoms with Crippen molar-refractivity contribution < 1.29 is 13.9 Å². The minimum Gasteiger partial charge on any atom is -0.497 e. The second-order valence-electron chi connectivity index (χ2n) is 5.03. The monoisotopic (exact) mass is 289 g/mol. The van der Waals surface area contributed by atoms with Gasteiger partial charge in [-0.15, -0.1) is 0 Å². The lowest BCUT2D eigenvalue weighted by atomic mass is 10.0. The van der Waals surface area contributed by atoms with Gasteiger partial charge in [0.2, 0.25) is 0 Å². The topological polar surface area (TPSA) is 44.5 Å². The number of hydrogen-bond donors (Lipinski definition) is 1. The highest BCUT2D eigenvalue weighted by molar-refractivity contribution is 5.31. The van der Waals surface area contributed by atoms with Crippen molar-refractivity contribution in [2.75, 3.05) is 7.11 Å². The predicted octanol–water partition coefficient (Wildman–Crippen LogP) is 3.61. The highest BCUT2D eigenvalue weighted by atomic mass is 19.1. The summed E-state index contributed by atoms with van der Waals surface area (Å²) >= 11 is 0. The molecule has 0 aliphatic carbocycles. The molecule has 0 aliphatic rings. The molecule has 0 bridgehead atoms. The molecule has 0 amide bonds. The minimum absolute atomic E-state index is 0.277. The van der Waals surface area contributed by atoms with Gasteiger partial charge in [0, 0.05) is 6.07 Å². The fraction of sp³-hybridized carbons (Fsp3) is 0.294. The zero-order chi connectivity index (χ0) is 15.4. The molecule has 2 aromatic rings. The molecule has 2 unspecified atom stereocenters. The van der Waals surface area contributed by atoms with E-state index >= 15 is 0 Å². The fourth-order valence-corrected chi connectivity index (χ4v) is 2.03. The van der Waals surface area contributed by atoms with Gasteiger partial charge < -0.3 is 15.2 Å². The van der Waals surface area contributed by atoms with E-state index in [1.807, 2.05) is 31.2 Å². The summed E-state index contributed by atoms with van der Waals surface area (Å²) in [4.78, 5) is 0. The predicted molar refractivity (Wildman–Crippen MR) is 81.1 cm³/mol. The van der Waals surface area contributed by atoms with Crippen LogP contribution in [-0.2, 0) is 0 Å². The van der Waals surface area contributed by atoms with Crippen LogP contribution in [0.15, 0.2) is 42.5 Å². The third kappa shape index (κ3) is 3.73. The molecule has 2 aromatic carbocycles. The van der Waals surface area contributed by atoms with Gasteiger partial charge in [-0.2, -0.15) is 0 Å². The van der Waals surface area contributed by atoms with Crippen LogP contribution in [0.4, 0.5) is 4.39 Å². The molecule has 2 rings (SSSR count). The number of ether oxygens (including phenoxy) is 2. The Morgan fingerprint density at radius 1 is 1.05 bits per heavy atom. The maximum Gasteiger partial charge on any atom is 0.129 e. The van der Waals surface area contributed by atoms with Crippen LogP contribution in [0.2, 0.25) is 0 Å². The first-order valence-corrected chi connectivity index (χ1v) is 6.83. The molecular weight excluding hydrogens is 269 g/mol. The van der Waals surface area contributed by atoms with Crippen molar-refractivity contribution in [1.82, 2.24) is 0 Å². The van der Waals surface area contributed by atoms with E-state index in [0.717, 1.165) is 11.3 Å². The first kappa shape index (κ1) is 15.3. The molecule has 0 radical (unpaired) electrons. The lowest BCUT2D eigenvalue weighted by molar-refractivity contribution is 0.189. The molecule has 2 N–H and O–H groups in total. The number of hydrogen-bond acceptors (Lipinski definition) is 3. The fourth-order valence-electron chi connectivity index (χ4n) is 2.03. The Hall–Kier alpha value is -2.07. The van der Waals surface area contributed by atoms with Crippen LogP contribution in [0, 0.1) is 12.7 Å². The molecule has 0 heterocycles. The van der Waals surface area contributed by atoms with Crippen LogP contribution < -0.4 is 15.2 Å². The summed E-state index contributed by atoms with van der Waals surface area (Å²) in [6.45, 7) is 3.58. The Morgan fingerprint density at radius 3 is 2.24 bits per heavy atom. The maximum atomic E-state index is 13.5. The van der Waals surface area contributed by atoms with Gasteiger partial charge in [-0.05, 0) is 43.2 Å². The smallest absolute Gasteiger partial charge is 0.129 e. The van der Waals surface area contributed by atoms with Gasteiger partial charge >= 0.3 is 0 Å². The molecular formula is C17H20FNO2. The molecule has 21 heavy (non-hydrogen) atoms. The summed E-state index contributed by atoms with van der Waals surface area (Å²) in [6.07, 6.45) is -0.277. The lowest BCUT2D eigenvalue weighted by Crippen LogP contribution is -2.28. The third-order valence-electron chi connectivity index (χ3n) is 3.47. The largest absolute Gasteiger partial charge is 0.497 e. The van der Waals surface area contributed by atoms with E-state index in [4.69, 9.17) is 15.2 Å². The number of rotatable bonds is 5. The highest BCUT2D eigenvalue weighted by Crippen LogP contribution is 2.23. The van der Waals surface area contributed by atoms with Crippen molar-refractivity contribution in [2.45, 2.75) is 26.0 Å². The molecule has 0 aromatic heterocycles. The van der Waals surface area contributed by atoms with Crippen LogP contribution in [0.5, 0.6) is 11.5 Å². The molecule has 3 nitrogen and oxygen atoms in total. The van der Waals surface area contributed by atoms with Gasteiger partial charge in [0.1, 0.15) is 23.4 Å². The van der Waals surface area contributed by atoms with E-state index in [2.05, 4.69) is 0 Å². The van der Waals surface area contributed by atoms with Crippen LogP contribution in [0.3, 0.4) is 0 Å². The summed E-state index contributed by atoms with van der Waals surface area (Å²) in [5, 5.41) is 0. The van der Waals surface area contributed by atoms with Gasteiger partial charge in [-0.1, -0.05) is 18.2 Å². The van der Waals surface area contributed by atoms with Crippen molar-refractivity contribution in [3.63, 3.8) is 0 Å². The summed E-state index contributed by atoms with van der Waals surface area (Å²) in [5.74, 6) is 0.979. The second kappa shape index (κ2) is 6.59. The first-order valence-electron chi connectivity index (χ1n) is 6.83. The normalized spacial score (nSPS) is 13.6. The number of nitrogens with two attached hydrogens (primary N) is 1. The summed E-state index contributed by atoms with van der Waals surface area (Å²) in [5.41, 5.74) is 7.72. The highest BCUT2D eigenvalue weighted by Gasteiger charge is 2.17. The quantitative estimate of drug-likeness (QED) is 0.914. The number of benzene rings is 2. The van der Waals surface area contributed by atoms with Gasteiger partial charge in [0.15, 0.2) is 0 Å². The van der Waals surface area contributed by atoms with E-state index in [1.165, 1.54) is 6.07 Å². The maximum absolute atomic E-state index is 13.5. The lowest BCUT2D eigenvalue weighted by Gasteiger charge is -2.22. The third-order valence-corrected chi connectivity index (χ3v) is 3.47. The molecule has 0 aliphatic heterocycles. The Morgan fingerprint density at radius 2 is 1.67 bits per heavy atom. The molecule has 0 saturated carbocycles. The van der Waals surface area contributed by atoms with Crippen molar-refractivity contribution in [2.24, 2.45) is 5.73 Å². The van der Waals surface area contributed by atoms with E-state index in [-0.39, 0.29) is 18.0 Å². The van der Waals surface area contributed by atoms with E-state index in [0.29, 0.717) is 11.3 Å². The molecule has 0 fully saturated rings. The zero-order valence-electron chi connectivity index (χ0n) is 12.5. The van der Waals surface area contributed by atoms with Crippen molar-refractivity contribution in [3.8, 4) is 11.5 Å². The van der Waals surface area contributed by atoms with Gasteiger partial charge in [0.25, 0.3) is 0 Å². The SMILES string of the molecule is COc1ccc(C(N)C(C)Oc2ccc(C)c(F)c2)cc1. The van der Waals surface area contributed by atoms with Crippen molar-refractivity contribution in [1.29, 1.82) is 0 Å². The van der Waals surface area contributed by atoms with E-state index in [1.54, 1.807) is 26.2 Å². The Balaban J connectivity index is 2.07. The molecule has 112 valence electrons. The van der Waals surface area contributed by atoms with E-state index < -0.39 is 0 Å². The Labute approximate surface area is 124 Å². The van der Waals surface area contributed by atoms with Crippen LogP contribution in [0.1, 0.15) is 24.1 Å². The zero-order valence-corrected chi connectivity index (χ0v) is 12.5. The van der Waals surface area contributed by atoms with Gasteiger partial charge in [-0.25, -0.2) is 4.39 Å². The molecule has 0 spiro atoms. The van der Waals surface area contributed by atoms with Crippen LogP contribution in [0.25, 0.3) is 0 Å².